The summed E-state index contributed by atoms with van der Waals surface area (Å²) in [6, 6.07) is 14.1. The number of primary amides is 1. The lowest BCUT2D eigenvalue weighted by atomic mass is 9.98. The molecule has 0 spiro atoms. The first-order valence-corrected chi connectivity index (χ1v) is 11.4. The molecule has 1 aliphatic carbocycles. The lowest BCUT2D eigenvalue weighted by Gasteiger charge is -2.19. The Labute approximate surface area is 201 Å². The number of Topliss-reactive ketones (excluding diaryl/α,β-unsaturated/α-hetero) is 1. The van der Waals surface area contributed by atoms with Crippen LogP contribution in [0, 0.1) is 0 Å². The van der Waals surface area contributed by atoms with Crippen LogP contribution in [0.25, 0.3) is 10.9 Å². The number of nitrogens with zero attached hydrogens (tertiary/aromatic N) is 3. The minimum atomic E-state index is -0.580. The Hall–Kier alpha value is -4.40. The van der Waals surface area contributed by atoms with E-state index >= 15 is 0 Å². The van der Waals surface area contributed by atoms with Crippen LogP contribution >= 0.6 is 0 Å². The molecular weight excluding hydrogens is 444 g/mol. The summed E-state index contributed by atoms with van der Waals surface area (Å²) in [5.41, 5.74) is 9.34. The van der Waals surface area contributed by atoms with Crippen molar-refractivity contribution in [1.29, 1.82) is 0 Å². The molecule has 2 heterocycles. The molecule has 1 atom stereocenters. The van der Waals surface area contributed by atoms with Crippen molar-refractivity contribution in [2.24, 2.45) is 5.73 Å². The molecule has 2 aromatic heterocycles. The van der Waals surface area contributed by atoms with Gasteiger partial charge in [0.1, 0.15) is 24.1 Å². The molecule has 9 heteroatoms. The number of H-pyrrole nitrogens is 1. The second kappa shape index (κ2) is 9.46. The number of para-hydroxylation sites is 1. The van der Waals surface area contributed by atoms with Gasteiger partial charge < -0.3 is 15.8 Å². The molecule has 0 aliphatic heterocycles. The van der Waals surface area contributed by atoms with Gasteiger partial charge in [0.25, 0.3) is 5.91 Å². The minimum Gasteiger partial charge on any atom is -0.366 e. The van der Waals surface area contributed by atoms with E-state index in [4.69, 9.17) is 5.73 Å². The van der Waals surface area contributed by atoms with Gasteiger partial charge in [-0.2, -0.15) is 5.10 Å². The summed E-state index contributed by atoms with van der Waals surface area (Å²) in [4.78, 5) is 44.6. The largest absolute Gasteiger partial charge is 0.366 e. The molecule has 1 saturated carbocycles. The fourth-order valence-corrected chi connectivity index (χ4v) is 4.22. The number of nitrogens with two attached hydrogens (primary N) is 1. The zero-order valence-electron chi connectivity index (χ0n) is 18.9. The molecule has 4 N–H and O–H groups in total. The Morgan fingerprint density at radius 1 is 1.14 bits per heavy atom. The van der Waals surface area contributed by atoms with E-state index in [0.29, 0.717) is 33.9 Å². The summed E-state index contributed by atoms with van der Waals surface area (Å²) in [5.74, 6) is 0.337. The van der Waals surface area contributed by atoms with Crippen molar-refractivity contribution in [1.82, 2.24) is 20.2 Å². The highest BCUT2D eigenvalue weighted by Crippen LogP contribution is 2.39. The Morgan fingerprint density at radius 2 is 1.97 bits per heavy atom. The number of aldehydes is 1. The van der Waals surface area contributed by atoms with Crippen molar-refractivity contribution in [3.05, 3.63) is 82.9 Å². The summed E-state index contributed by atoms with van der Waals surface area (Å²) in [6.45, 7) is 0. The number of rotatable bonds is 10. The summed E-state index contributed by atoms with van der Waals surface area (Å²) >= 11 is 0. The molecule has 0 radical (unpaired) electrons. The number of aromatic nitrogens is 4. The zero-order chi connectivity index (χ0) is 24.4. The SMILES string of the molecule is NC(=O)c1cccc2c(NC(CC=O)c3cccc(CC(=O)c4cc(C5CC5)[nH]n4)c3)ncnc12. The lowest BCUT2D eigenvalue weighted by molar-refractivity contribution is -0.108. The number of aromatic amines is 1. The molecule has 1 fully saturated rings. The van der Waals surface area contributed by atoms with Gasteiger partial charge in [-0.15, -0.1) is 0 Å². The average Bonchev–Trinajstić information content (AvgIpc) is 3.59. The smallest absolute Gasteiger partial charge is 0.250 e. The Morgan fingerprint density at radius 3 is 2.74 bits per heavy atom. The van der Waals surface area contributed by atoms with Crippen LogP contribution < -0.4 is 11.1 Å². The molecule has 4 aromatic rings. The van der Waals surface area contributed by atoms with E-state index in [1.54, 1.807) is 18.2 Å². The minimum absolute atomic E-state index is 0.0639. The Bertz CT molecular complexity index is 1430. The van der Waals surface area contributed by atoms with Crippen LogP contribution in [0.5, 0.6) is 0 Å². The van der Waals surface area contributed by atoms with E-state index in [-0.39, 0.29) is 18.6 Å². The van der Waals surface area contributed by atoms with Crippen LogP contribution in [0.1, 0.15) is 68.9 Å². The van der Waals surface area contributed by atoms with Gasteiger partial charge in [-0.1, -0.05) is 30.3 Å². The van der Waals surface area contributed by atoms with Gasteiger partial charge in [0, 0.05) is 29.8 Å². The normalized spacial score (nSPS) is 13.9. The molecular formula is C26H24N6O3. The number of carbonyl (C=O) groups is 3. The van der Waals surface area contributed by atoms with E-state index in [1.165, 1.54) is 6.33 Å². The third-order valence-corrected chi connectivity index (χ3v) is 6.19. The second-order valence-electron chi connectivity index (χ2n) is 8.72. The molecule has 2 aromatic carbocycles. The number of anilines is 1. The van der Waals surface area contributed by atoms with Gasteiger partial charge in [0.15, 0.2) is 5.78 Å². The van der Waals surface area contributed by atoms with Crippen molar-refractivity contribution in [2.75, 3.05) is 5.32 Å². The fourth-order valence-electron chi connectivity index (χ4n) is 4.22. The number of nitrogens with one attached hydrogen (secondary N) is 2. The maximum atomic E-state index is 12.8. The number of carbonyl (C=O) groups excluding carboxylic acids is 3. The Balaban J connectivity index is 1.39. The number of hydrogen-bond acceptors (Lipinski definition) is 7. The number of ketones is 1. The maximum absolute atomic E-state index is 12.8. The lowest BCUT2D eigenvalue weighted by Crippen LogP contribution is -2.15. The fraction of sp³-hybridized carbons (Fsp3) is 0.231. The van der Waals surface area contributed by atoms with Gasteiger partial charge in [0.05, 0.1) is 17.1 Å². The maximum Gasteiger partial charge on any atom is 0.250 e. The highest BCUT2D eigenvalue weighted by molar-refractivity contribution is 6.06. The zero-order valence-corrected chi connectivity index (χ0v) is 18.9. The third kappa shape index (κ3) is 4.79. The topological polar surface area (TPSA) is 144 Å². The predicted molar refractivity (Wildman–Crippen MR) is 130 cm³/mol. The van der Waals surface area contributed by atoms with E-state index in [1.807, 2.05) is 30.3 Å². The highest BCUT2D eigenvalue weighted by atomic mass is 16.1. The number of fused-ring (bicyclic) bond motifs is 1. The molecule has 1 aliphatic rings. The van der Waals surface area contributed by atoms with Gasteiger partial charge >= 0.3 is 0 Å². The van der Waals surface area contributed by atoms with Crippen molar-refractivity contribution in [2.45, 2.75) is 37.6 Å². The number of amides is 1. The molecule has 35 heavy (non-hydrogen) atoms. The molecule has 0 bridgehead atoms. The van der Waals surface area contributed by atoms with Crippen LogP contribution in [0.3, 0.4) is 0 Å². The summed E-state index contributed by atoms with van der Waals surface area (Å²) in [5, 5.41) is 11.1. The summed E-state index contributed by atoms with van der Waals surface area (Å²) in [7, 11) is 0. The Kier molecular flexibility index (Phi) is 6.05. The van der Waals surface area contributed by atoms with Crippen LogP contribution in [0.4, 0.5) is 5.82 Å². The first-order chi connectivity index (χ1) is 17.0. The van der Waals surface area contributed by atoms with E-state index in [0.717, 1.165) is 35.9 Å². The quantitative estimate of drug-likeness (QED) is 0.239. The van der Waals surface area contributed by atoms with Crippen molar-refractivity contribution in [3.63, 3.8) is 0 Å². The van der Waals surface area contributed by atoms with Crippen molar-refractivity contribution >= 4 is 34.7 Å². The van der Waals surface area contributed by atoms with Crippen LogP contribution in [-0.4, -0.2) is 38.1 Å². The second-order valence-corrected chi connectivity index (χ2v) is 8.72. The molecule has 176 valence electrons. The van der Waals surface area contributed by atoms with Gasteiger partial charge in [0.2, 0.25) is 0 Å². The average molecular weight is 469 g/mol. The van der Waals surface area contributed by atoms with Crippen molar-refractivity contribution < 1.29 is 14.4 Å². The molecule has 5 rings (SSSR count). The molecule has 9 nitrogen and oxygen atoms in total. The first kappa shape index (κ1) is 22.4. The van der Waals surface area contributed by atoms with E-state index in [9.17, 15) is 14.4 Å². The van der Waals surface area contributed by atoms with Crippen LogP contribution in [0.15, 0.2) is 54.9 Å². The van der Waals surface area contributed by atoms with E-state index in [2.05, 4.69) is 25.5 Å². The van der Waals surface area contributed by atoms with Crippen LogP contribution in [0.2, 0.25) is 0 Å². The van der Waals surface area contributed by atoms with Crippen molar-refractivity contribution in [3.8, 4) is 0 Å². The van der Waals surface area contributed by atoms with Gasteiger partial charge in [-0.05, 0) is 42.2 Å². The molecule has 1 amide bonds. The summed E-state index contributed by atoms with van der Waals surface area (Å²) in [6.07, 6.45) is 4.83. The van der Waals surface area contributed by atoms with E-state index < -0.39 is 11.9 Å². The monoisotopic (exact) mass is 468 g/mol. The van der Waals surface area contributed by atoms with Crippen LogP contribution in [-0.2, 0) is 11.2 Å². The molecule has 0 saturated heterocycles. The first-order valence-electron chi connectivity index (χ1n) is 11.4. The molecule has 1 unspecified atom stereocenters. The predicted octanol–water partition coefficient (Wildman–Crippen LogP) is 3.50. The van der Waals surface area contributed by atoms with Gasteiger partial charge in [-0.25, -0.2) is 9.97 Å². The summed E-state index contributed by atoms with van der Waals surface area (Å²) < 4.78 is 0. The highest BCUT2D eigenvalue weighted by Gasteiger charge is 2.26. The number of hydrogen-bond donors (Lipinski definition) is 3. The number of benzene rings is 2. The third-order valence-electron chi connectivity index (χ3n) is 6.19. The van der Waals surface area contributed by atoms with Gasteiger partial charge in [-0.3, -0.25) is 14.7 Å². The standard InChI is InChI=1S/C26H24N6O3/c27-25(35)18-5-2-6-19-24(18)28-14-29-26(19)30-20(9-10-33)17-4-1-3-15(11-17)12-23(34)22-13-21(31-32-22)16-7-8-16/h1-6,10-11,13-14,16,20H,7-9,12H2,(H2,27,35)(H,31,32)(H,28,29,30).